The van der Waals surface area contributed by atoms with Gasteiger partial charge in [-0.05, 0) is 85.0 Å². The zero-order chi connectivity index (χ0) is 23.4. The van der Waals surface area contributed by atoms with Crippen LogP contribution in [0.5, 0.6) is 0 Å². The molecule has 0 saturated carbocycles. The number of Topliss-reactive ketones (excluding diaryl/α,β-unsaturated/α-hetero) is 1. The highest BCUT2D eigenvalue weighted by molar-refractivity contribution is 5.88. The number of nitrogens with one attached hydrogen (secondary N) is 1. The highest BCUT2D eigenvalue weighted by Crippen LogP contribution is 2.35. The van der Waals surface area contributed by atoms with E-state index in [-0.39, 0.29) is 17.9 Å². The summed E-state index contributed by atoms with van der Waals surface area (Å²) >= 11 is 0. The summed E-state index contributed by atoms with van der Waals surface area (Å²) in [6.45, 7) is 16.4. The van der Waals surface area contributed by atoms with E-state index in [4.69, 9.17) is 0 Å². The molecule has 5 unspecified atom stereocenters. The van der Waals surface area contributed by atoms with Gasteiger partial charge in [-0.3, -0.25) is 10.1 Å². The second-order valence-corrected chi connectivity index (χ2v) is 9.78. The number of aliphatic hydroxyl groups is 1. The van der Waals surface area contributed by atoms with Crippen LogP contribution in [0.4, 0.5) is 0 Å². The third-order valence-electron chi connectivity index (χ3n) is 6.76. The number of ketones is 1. The van der Waals surface area contributed by atoms with Crippen molar-refractivity contribution in [2.45, 2.75) is 105 Å². The Bertz CT molecular complexity index is 658. The molecule has 0 aromatic heterocycles. The number of carbonyl (C=O) groups excluding carboxylic acids is 1. The first-order valence-electron chi connectivity index (χ1n) is 12.2. The second-order valence-electron chi connectivity index (χ2n) is 9.78. The minimum atomic E-state index is -0.564. The largest absolute Gasteiger partial charge is 0.379 e. The maximum absolute atomic E-state index is 13.7. The van der Waals surface area contributed by atoms with Crippen LogP contribution in [-0.2, 0) is 4.79 Å². The summed E-state index contributed by atoms with van der Waals surface area (Å²) in [6.07, 6.45) is 17.9. The third kappa shape index (κ3) is 9.70. The van der Waals surface area contributed by atoms with Gasteiger partial charge in [0.2, 0.25) is 0 Å². The van der Waals surface area contributed by atoms with Gasteiger partial charge in [-0.25, -0.2) is 0 Å². The average Bonchev–Trinajstić information content (AvgIpc) is 2.80. The summed E-state index contributed by atoms with van der Waals surface area (Å²) in [6, 6.07) is 0.0778. The van der Waals surface area contributed by atoms with Crippen LogP contribution in [-0.4, -0.2) is 23.2 Å². The van der Waals surface area contributed by atoms with Gasteiger partial charge in [0.1, 0.15) is 12.0 Å². The molecule has 0 amide bonds. The Kier molecular flexibility index (Phi) is 12.3. The summed E-state index contributed by atoms with van der Waals surface area (Å²) in [5, 5.41) is 13.0. The molecule has 2 N–H and O–H groups in total. The molecule has 176 valence electrons. The summed E-state index contributed by atoms with van der Waals surface area (Å²) in [5.74, 6) is 0.669. The van der Waals surface area contributed by atoms with Gasteiger partial charge in [-0.2, -0.15) is 0 Å². The Morgan fingerprint density at radius 2 is 1.97 bits per heavy atom. The number of unbranched alkanes of at least 4 members (excludes halogenated alkanes) is 2. The molecule has 5 atom stereocenters. The minimum absolute atomic E-state index is 0.0463. The van der Waals surface area contributed by atoms with Crippen molar-refractivity contribution in [2.24, 2.45) is 17.3 Å². The highest BCUT2D eigenvalue weighted by atomic mass is 16.3. The maximum Gasteiger partial charge on any atom is 0.145 e. The second kappa shape index (κ2) is 13.9. The van der Waals surface area contributed by atoms with Crippen LogP contribution in [0.15, 0.2) is 48.1 Å². The van der Waals surface area contributed by atoms with Crippen LogP contribution in [0, 0.1) is 17.3 Å². The van der Waals surface area contributed by atoms with Crippen molar-refractivity contribution >= 4 is 5.78 Å². The van der Waals surface area contributed by atoms with Gasteiger partial charge in [-0.15, -0.1) is 6.58 Å². The average molecular weight is 430 g/mol. The summed E-state index contributed by atoms with van der Waals surface area (Å²) in [7, 11) is 0. The summed E-state index contributed by atoms with van der Waals surface area (Å²) in [4.78, 5) is 13.7. The lowest BCUT2D eigenvalue weighted by atomic mass is 9.72. The van der Waals surface area contributed by atoms with Gasteiger partial charge in [0, 0.05) is 17.4 Å². The Morgan fingerprint density at radius 3 is 2.58 bits per heavy atom. The lowest BCUT2D eigenvalue weighted by molar-refractivity contribution is -0.130. The molecule has 0 fully saturated rings. The fourth-order valence-electron chi connectivity index (χ4n) is 4.35. The topological polar surface area (TPSA) is 49.3 Å². The van der Waals surface area contributed by atoms with Crippen LogP contribution in [0.25, 0.3) is 0 Å². The monoisotopic (exact) mass is 429 g/mol. The predicted molar refractivity (Wildman–Crippen MR) is 134 cm³/mol. The number of hydrogen-bond donors (Lipinski definition) is 2. The van der Waals surface area contributed by atoms with Crippen LogP contribution in [0.2, 0.25) is 0 Å². The van der Waals surface area contributed by atoms with Gasteiger partial charge in [0.05, 0.1) is 0 Å². The molecule has 3 heteroatoms. The molecule has 0 aliphatic heterocycles. The van der Waals surface area contributed by atoms with Crippen molar-refractivity contribution < 1.29 is 9.90 Å². The number of hydrogen-bond acceptors (Lipinski definition) is 3. The van der Waals surface area contributed by atoms with Crippen LogP contribution >= 0.6 is 0 Å². The van der Waals surface area contributed by atoms with Crippen molar-refractivity contribution in [3.63, 3.8) is 0 Å². The van der Waals surface area contributed by atoms with E-state index in [0.29, 0.717) is 5.78 Å². The molecule has 3 nitrogen and oxygen atoms in total. The smallest absolute Gasteiger partial charge is 0.145 e. The number of rotatable bonds is 12. The Labute approximate surface area is 191 Å². The van der Waals surface area contributed by atoms with Crippen LogP contribution in [0.1, 0.15) is 92.9 Å². The van der Waals surface area contributed by atoms with E-state index in [1.54, 1.807) is 6.92 Å². The van der Waals surface area contributed by atoms with E-state index < -0.39 is 11.6 Å². The molecule has 0 saturated heterocycles. The van der Waals surface area contributed by atoms with Gasteiger partial charge < -0.3 is 5.11 Å². The molecular formula is C28H47NO2. The van der Waals surface area contributed by atoms with E-state index in [0.717, 1.165) is 38.5 Å². The fraction of sp³-hybridized carbons (Fsp3) is 0.679. The molecule has 0 heterocycles. The predicted octanol–water partition coefficient (Wildman–Crippen LogP) is 6.90. The third-order valence-corrected chi connectivity index (χ3v) is 6.76. The maximum atomic E-state index is 13.7. The van der Waals surface area contributed by atoms with Crippen molar-refractivity contribution in [1.29, 1.82) is 0 Å². The molecule has 0 bridgehead atoms. The molecular weight excluding hydrogens is 382 g/mol. The zero-order valence-electron chi connectivity index (χ0n) is 20.9. The Morgan fingerprint density at radius 1 is 1.26 bits per heavy atom. The quantitative estimate of drug-likeness (QED) is 0.201. The SMILES string of the molecule is C=CCCCCC(C)=C(C)CC(CC)C(=O)C1(C)C=CC(C)C=CC(NC(C)O)CC1. The lowest BCUT2D eigenvalue weighted by Crippen LogP contribution is -2.38. The number of aliphatic hydroxyl groups excluding tert-OH is 1. The first-order valence-corrected chi connectivity index (χ1v) is 12.2. The van der Waals surface area contributed by atoms with E-state index in [1.165, 1.54) is 24.0 Å². The van der Waals surface area contributed by atoms with Crippen molar-refractivity contribution in [3.05, 3.63) is 48.1 Å². The zero-order valence-corrected chi connectivity index (χ0v) is 20.9. The van der Waals surface area contributed by atoms with E-state index in [1.807, 2.05) is 6.08 Å². The van der Waals surface area contributed by atoms with E-state index >= 15 is 0 Å². The fourth-order valence-corrected chi connectivity index (χ4v) is 4.35. The Balaban J connectivity index is 2.94. The van der Waals surface area contributed by atoms with Crippen molar-refractivity contribution in [1.82, 2.24) is 5.32 Å². The molecule has 0 radical (unpaired) electrons. The standard InChI is InChI=1S/C28H47NO2/c1-8-10-11-12-13-22(4)23(5)20-25(9-2)27(31)28(7)18-16-21(3)14-15-26(17-19-28)29-24(6)30/h8,14-16,18,21,24-26,29-30H,1,9-13,17,19-20H2,2-7H3. The molecule has 0 spiro atoms. The first-order chi connectivity index (χ1) is 14.6. The number of allylic oxidation sites excluding steroid dienone is 6. The minimum Gasteiger partial charge on any atom is -0.379 e. The summed E-state index contributed by atoms with van der Waals surface area (Å²) < 4.78 is 0. The van der Waals surface area contributed by atoms with Gasteiger partial charge >= 0.3 is 0 Å². The van der Waals surface area contributed by atoms with E-state index in [9.17, 15) is 9.90 Å². The normalized spacial score (nSPS) is 26.9. The van der Waals surface area contributed by atoms with Gasteiger partial charge in [0.15, 0.2) is 0 Å². The molecule has 0 aromatic rings. The first kappa shape index (κ1) is 27.6. The van der Waals surface area contributed by atoms with E-state index in [2.05, 4.69) is 70.8 Å². The van der Waals surface area contributed by atoms with Gasteiger partial charge in [0.25, 0.3) is 0 Å². The molecule has 31 heavy (non-hydrogen) atoms. The molecule has 1 aliphatic rings. The lowest BCUT2D eigenvalue weighted by Gasteiger charge is -2.31. The molecule has 1 aliphatic carbocycles. The van der Waals surface area contributed by atoms with Crippen molar-refractivity contribution in [2.75, 3.05) is 0 Å². The number of carbonyl (C=O) groups is 1. The molecule has 1 rings (SSSR count). The van der Waals surface area contributed by atoms with Crippen LogP contribution < -0.4 is 5.32 Å². The highest BCUT2D eigenvalue weighted by Gasteiger charge is 2.35. The molecule has 0 aromatic carbocycles. The Hall–Kier alpha value is -1.45. The summed E-state index contributed by atoms with van der Waals surface area (Å²) in [5.41, 5.74) is 2.33. The van der Waals surface area contributed by atoms with Crippen molar-refractivity contribution in [3.8, 4) is 0 Å². The van der Waals surface area contributed by atoms with Gasteiger partial charge in [-0.1, -0.05) is 55.4 Å². The van der Waals surface area contributed by atoms with Crippen LogP contribution in [0.3, 0.4) is 0 Å².